The van der Waals surface area contributed by atoms with Crippen LogP contribution in [0.4, 0.5) is 0 Å². The number of amides is 2. The average molecular weight is 754 g/mol. The van der Waals surface area contributed by atoms with Crippen molar-refractivity contribution < 1.29 is 71.2 Å². The number of nitrogens with zero attached hydrogens (tertiary/aromatic N) is 1. The van der Waals surface area contributed by atoms with E-state index in [1.165, 1.54) is 31.4 Å². The molecule has 1 aliphatic rings. The van der Waals surface area contributed by atoms with Crippen LogP contribution in [0.25, 0.3) is 0 Å². The minimum absolute atomic E-state index is 0.239. The Hall–Kier alpha value is -1.64. The number of unbranched alkanes of at least 4 members (excludes halogenated alkanes) is 3. The summed E-state index contributed by atoms with van der Waals surface area (Å²) in [5.74, 6) is -0.614. The second-order valence-electron chi connectivity index (χ2n) is 11.2. The molecule has 0 aliphatic carbocycles. The molecule has 52 heavy (non-hydrogen) atoms. The molecule has 16 nitrogen and oxygen atoms in total. The summed E-state index contributed by atoms with van der Waals surface area (Å²) in [7, 11) is 0. The van der Waals surface area contributed by atoms with Gasteiger partial charge in [-0.05, 0) is 6.42 Å². The minimum Gasteiger partial charge on any atom is -0.379 e. The van der Waals surface area contributed by atoms with Gasteiger partial charge in [-0.1, -0.05) is 26.2 Å². The van der Waals surface area contributed by atoms with E-state index in [0.29, 0.717) is 159 Å². The molecule has 0 N–H and O–H groups in total. The van der Waals surface area contributed by atoms with E-state index in [1.807, 2.05) is 0 Å². The molecule has 0 saturated carbocycles. The van der Waals surface area contributed by atoms with Crippen molar-refractivity contribution in [2.24, 2.45) is 0 Å². The number of ether oxygens (including phenoxy) is 13. The predicted octanol–water partition coefficient (Wildman–Crippen LogP) is 1.71. The highest BCUT2D eigenvalue weighted by atomic mass is 16.6. The first kappa shape index (κ1) is 48.4. The highest BCUT2D eigenvalue weighted by Gasteiger charge is 2.22. The van der Waals surface area contributed by atoms with Gasteiger partial charge in [0.2, 0.25) is 0 Å². The molecule has 1 heterocycles. The van der Waals surface area contributed by atoms with Crippen molar-refractivity contribution >= 4 is 11.8 Å². The lowest BCUT2D eigenvalue weighted by Gasteiger charge is -2.13. The lowest BCUT2D eigenvalue weighted by Crippen LogP contribution is -2.33. The van der Waals surface area contributed by atoms with Gasteiger partial charge >= 0.3 is 0 Å². The molecule has 0 aromatic rings. The summed E-state index contributed by atoms with van der Waals surface area (Å²) >= 11 is 0. The van der Waals surface area contributed by atoms with Crippen LogP contribution in [0.2, 0.25) is 0 Å². The smallest absolute Gasteiger partial charge is 0.253 e. The van der Waals surface area contributed by atoms with E-state index in [1.54, 1.807) is 0 Å². The van der Waals surface area contributed by atoms with Crippen LogP contribution in [-0.2, 0) is 71.2 Å². The summed E-state index contributed by atoms with van der Waals surface area (Å²) in [6.07, 6.45) is 7.38. The third-order valence-electron chi connectivity index (χ3n) is 6.97. The van der Waals surface area contributed by atoms with Gasteiger partial charge in [0, 0.05) is 18.8 Å². The summed E-state index contributed by atoms with van der Waals surface area (Å²) in [4.78, 5) is 24.0. The van der Waals surface area contributed by atoms with E-state index in [0.717, 1.165) is 17.9 Å². The highest BCUT2D eigenvalue weighted by molar-refractivity contribution is 6.12. The monoisotopic (exact) mass is 753 g/mol. The Bertz CT molecular complexity index is 790. The number of imide groups is 1. The van der Waals surface area contributed by atoms with Crippen molar-refractivity contribution in [1.29, 1.82) is 0 Å². The van der Waals surface area contributed by atoms with Crippen LogP contribution in [0.1, 0.15) is 32.6 Å². The van der Waals surface area contributed by atoms with Crippen molar-refractivity contribution in [1.82, 2.24) is 4.90 Å². The fraction of sp³-hybridized carbons (Fsp3) is 0.889. The zero-order valence-corrected chi connectivity index (χ0v) is 31.6. The molecule has 0 atom stereocenters. The average Bonchev–Trinajstić information content (AvgIpc) is 3.47. The van der Waals surface area contributed by atoms with E-state index in [4.69, 9.17) is 61.6 Å². The van der Waals surface area contributed by atoms with Crippen LogP contribution in [0.3, 0.4) is 0 Å². The Morgan fingerprint density at radius 2 is 0.558 bits per heavy atom. The molecule has 0 spiro atoms. The Labute approximate surface area is 310 Å². The van der Waals surface area contributed by atoms with Crippen LogP contribution in [0.15, 0.2) is 12.2 Å². The maximum Gasteiger partial charge on any atom is 0.253 e. The van der Waals surface area contributed by atoms with Crippen LogP contribution < -0.4 is 0 Å². The van der Waals surface area contributed by atoms with Crippen LogP contribution >= 0.6 is 0 Å². The SMILES string of the molecule is CCCCCCOCCOCCOCCOCCOCCOCCOCCOCCOCCOCCOCCOCCOCCN1C(=O)C=CC1=O. The molecular weight excluding hydrogens is 686 g/mol. The first-order valence-corrected chi connectivity index (χ1v) is 18.8. The third kappa shape index (κ3) is 34.1. The molecule has 16 heteroatoms. The fourth-order valence-electron chi connectivity index (χ4n) is 4.18. The van der Waals surface area contributed by atoms with Gasteiger partial charge in [0.15, 0.2) is 0 Å². The molecule has 1 rings (SSSR count). The van der Waals surface area contributed by atoms with Crippen molar-refractivity contribution in [2.45, 2.75) is 32.6 Å². The Morgan fingerprint density at radius 1 is 0.327 bits per heavy atom. The van der Waals surface area contributed by atoms with Crippen molar-refractivity contribution in [3.63, 3.8) is 0 Å². The van der Waals surface area contributed by atoms with E-state index in [-0.39, 0.29) is 25.0 Å². The first-order valence-electron chi connectivity index (χ1n) is 18.8. The molecule has 0 bridgehead atoms. The quantitative estimate of drug-likeness (QED) is 0.0654. The van der Waals surface area contributed by atoms with Crippen LogP contribution in [0.5, 0.6) is 0 Å². The second-order valence-corrected chi connectivity index (χ2v) is 11.2. The fourth-order valence-corrected chi connectivity index (χ4v) is 4.18. The molecule has 0 unspecified atom stereocenters. The molecule has 0 fully saturated rings. The van der Waals surface area contributed by atoms with Gasteiger partial charge < -0.3 is 61.6 Å². The Balaban J connectivity index is 1.61. The number of carbonyl (C=O) groups is 2. The van der Waals surface area contributed by atoms with Crippen molar-refractivity contribution in [2.75, 3.05) is 178 Å². The van der Waals surface area contributed by atoms with Crippen LogP contribution in [0, 0.1) is 0 Å². The van der Waals surface area contributed by atoms with Gasteiger partial charge in [-0.15, -0.1) is 0 Å². The summed E-state index contributed by atoms with van der Waals surface area (Å²) in [6.45, 7) is 15.5. The van der Waals surface area contributed by atoms with Gasteiger partial charge in [0.25, 0.3) is 11.8 Å². The molecule has 0 aromatic heterocycles. The first-order chi connectivity index (χ1) is 25.8. The summed E-state index contributed by atoms with van der Waals surface area (Å²) in [5, 5.41) is 0. The number of hydrogen-bond acceptors (Lipinski definition) is 15. The Morgan fingerprint density at radius 3 is 0.808 bits per heavy atom. The van der Waals surface area contributed by atoms with Gasteiger partial charge in [0.05, 0.1) is 172 Å². The standard InChI is InChI=1S/C36H67NO15/c1-2-3-4-5-9-40-11-13-42-15-17-44-19-21-46-23-25-48-27-29-50-31-33-52-34-32-51-30-28-49-26-24-47-22-20-45-18-16-43-14-12-41-10-8-37-35(38)6-7-36(37)39/h6-7H,2-5,8-34H2,1H3. The summed E-state index contributed by atoms with van der Waals surface area (Å²) in [5.41, 5.74) is 0. The van der Waals surface area contributed by atoms with Crippen molar-refractivity contribution in [3.05, 3.63) is 12.2 Å². The number of rotatable bonds is 44. The normalized spacial score (nSPS) is 13.0. The molecular formula is C36H67NO15. The lowest BCUT2D eigenvalue weighted by molar-refractivity contribution is -0.137. The van der Waals surface area contributed by atoms with Gasteiger partial charge in [0.1, 0.15) is 0 Å². The van der Waals surface area contributed by atoms with Gasteiger partial charge in [-0.2, -0.15) is 0 Å². The molecule has 2 amide bonds. The maximum absolute atomic E-state index is 11.4. The lowest BCUT2D eigenvalue weighted by atomic mass is 10.2. The largest absolute Gasteiger partial charge is 0.379 e. The topological polar surface area (TPSA) is 157 Å². The van der Waals surface area contributed by atoms with Crippen LogP contribution in [-0.4, -0.2) is 195 Å². The zero-order chi connectivity index (χ0) is 37.3. The molecule has 0 saturated heterocycles. The summed E-state index contributed by atoms with van der Waals surface area (Å²) in [6, 6.07) is 0. The second kappa shape index (κ2) is 40.5. The van der Waals surface area contributed by atoms with E-state index < -0.39 is 0 Å². The third-order valence-corrected chi connectivity index (χ3v) is 6.97. The molecule has 1 aliphatic heterocycles. The molecule has 0 aromatic carbocycles. The van der Waals surface area contributed by atoms with Crippen molar-refractivity contribution in [3.8, 4) is 0 Å². The molecule has 0 radical (unpaired) electrons. The minimum atomic E-state index is -0.307. The summed E-state index contributed by atoms with van der Waals surface area (Å²) < 4.78 is 71.1. The van der Waals surface area contributed by atoms with Gasteiger partial charge in [-0.3, -0.25) is 14.5 Å². The van der Waals surface area contributed by atoms with Gasteiger partial charge in [-0.25, -0.2) is 0 Å². The number of carbonyl (C=O) groups excluding carboxylic acids is 2. The van der Waals surface area contributed by atoms with E-state index in [2.05, 4.69) is 6.92 Å². The van der Waals surface area contributed by atoms with E-state index in [9.17, 15) is 9.59 Å². The molecule has 306 valence electrons. The number of hydrogen-bond donors (Lipinski definition) is 0. The Kier molecular flexibility index (Phi) is 37.7. The van der Waals surface area contributed by atoms with E-state index >= 15 is 0 Å². The maximum atomic E-state index is 11.4. The predicted molar refractivity (Wildman–Crippen MR) is 191 cm³/mol. The zero-order valence-electron chi connectivity index (χ0n) is 31.6. The highest BCUT2D eigenvalue weighted by Crippen LogP contribution is 2.02.